The number of hydrogen-bond donors (Lipinski definition) is 1. The van der Waals surface area contributed by atoms with Gasteiger partial charge in [0, 0.05) is 0 Å². The van der Waals surface area contributed by atoms with Crippen LogP contribution in [0.5, 0.6) is 0 Å². The van der Waals surface area contributed by atoms with Crippen molar-refractivity contribution in [2.45, 2.75) is 6.92 Å². The van der Waals surface area contributed by atoms with Gasteiger partial charge in [-0.1, -0.05) is 29.4 Å². The van der Waals surface area contributed by atoms with Gasteiger partial charge in [-0.25, -0.2) is 0 Å². The number of nitrogens with zero attached hydrogens (tertiary/aromatic N) is 1. The lowest BCUT2D eigenvalue weighted by atomic mass is 9.99. The number of aryl methyl sites for hydroxylation is 1. The van der Waals surface area contributed by atoms with E-state index < -0.39 is 0 Å². The molecule has 0 aliphatic carbocycles. The van der Waals surface area contributed by atoms with Crippen molar-refractivity contribution in [3.05, 3.63) is 48.4 Å². The van der Waals surface area contributed by atoms with Crippen molar-refractivity contribution >= 4 is 5.82 Å². The third-order valence-electron chi connectivity index (χ3n) is 2.92. The van der Waals surface area contributed by atoms with Gasteiger partial charge in [0.2, 0.25) is 0 Å². The number of aromatic nitrogens is 1. The second-order valence-corrected chi connectivity index (χ2v) is 4.10. The van der Waals surface area contributed by atoms with Crippen molar-refractivity contribution in [2.75, 3.05) is 5.73 Å². The van der Waals surface area contributed by atoms with Gasteiger partial charge in [-0.05, 0) is 24.1 Å². The monoisotopic (exact) mass is 240 g/mol. The Hall–Kier alpha value is -2.49. The summed E-state index contributed by atoms with van der Waals surface area (Å²) in [4.78, 5) is 0. The van der Waals surface area contributed by atoms with Crippen LogP contribution < -0.4 is 5.73 Å². The van der Waals surface area contributed by atoms with E-state index in [0.29, 0.717) is 11.6 Å². The molecule has 0 bridgehead atoms. The van der Waals surface area contributed by atoms with Gasteiger partial charge in [-0.3, -0.25) is 0 Å². The topological polar surface area (TPSA) is 65.2 Å². The molecule has 2 N–H and O–H groups in total. The van der Waals surface area contributed by atoms with Gasteiger partial charge < -0.3 is 14.7 Å². The molecule has 0 saturated heterocycles. The van der Waals surface area contributed by atoms with E-state index in [4.69, 9.17) is 14.7 Å². The summed E-state index contributed by atoms with van der Waals surface area (Å²) in [6, 6.07) is 9.80. The predicted molar refractivity (Wildman–Crippen MR) is 68.8 cm³/mol. The highest BCUT2D eigenvalue weighted by Crippen LogP contribution is 2.37. The molecule has 0 atom stereocenters. The molecule has 0 aliphatic rings. The van der Waals surface area contributed by atoms with Gasteiger partial charge in [0.25, 0.3) is 0 Å². The maximum Gasteiger partial charge on any atom is 0.180 e. The van der Waals surface area contributed by atoms with Crippen LogP contribution >= 0.6 is 0 Å². The highest BCUT2D eigenvalue weighted by Gasteiger charge is 2.19. The maximum atomic E-state index is 5.91. The van der Waals surface area contributed by atoms with E-state index in [1.165, 1.54) is 0 Å². The summed E-state index contributed by atoms with van der Waals surface area (Å²) in [7, 11) is 0. The van der Waals surface area contributed by atoms with E-state index in [-0.39, 0.29) is 0 Å². The highest BCUT2D eigenvalue weighted by molar-refractivity contribution is 5.87. The number of nitrogen functional groups attached to an aromatic ring is 1. The zero-order chi connectivity index (χ0) is 12.5. The molecule has 0 radical (unpaired) electrons. The van der Waals surface area contributed by atoms with Crippen LogP contribution in [0.2, 0.25) is 0 Å². The number of hydrogen-bond acceptors (Lipinski definition) is 4. The van der Waals surface area contributed by atoms with Crippen molar-refractivity contribution in [3.8, 4) is 22.5 Å². The third-order valence-corrected chi connectivity index (χ3v) is 2.92. The third kappa shape index (κ3) is 1.59. The van der Waals surface area contributed by atoms with E-state index in [0.717, 1.165) is 22.3 Å². The van der Waals surface area contributed by atoms with E-state index >= 15 is 0 Å². The van der Waals surface area contributed by atoms with Gasteiger partial charge in [0.1, 0.15) is 6.26 Å². The van der Waals surface area contributed by atoms with Crippen LogP contribution in [-0.2, 0) is 0 Å². The zero-order valence-electron chi connectivity index (χ0n) is 9.88. The van der Waals surface area contributed by atoms with E-state index in [1.807, 2.05) is 37.3 Å². The fourth-order valence-electron chi connectivity index (χ4n) is 2.01. The minimum Gasteiger partial charge on any atom is -0.472 e. The summed E-state index contributed by atoms with van der Waals surface area (Å²) in [5.74, 6) is 1.02. The van der Waals surface area contributed by atoms with Gasteiger partial charge in [0.15, 0.2) is 11.6 Å². The second kappa shape index (κ2) is 4.07. The molecule has 0 amide bonds. The molecule has 1 aromatic carbocycles. The van der Waals surface area contributed by atoms with E-state index in [9.17, 15) is 0 Å². The molecule has 0 aliphatic heterocycles. The highest BCUT2D eigenvalue weighted by atomic mass is 16.5. The molecule has 4 heteroatoms. The van der Waals surface area contributed by atoms with Crippen LogP contribution in [0, 0.1) is 6.92 Å². The van der Waals surface area contributed by atoms with Crippen LogP contribution in [0.1, 0.15) is 5.56 Å². The first-order valence-corrected chi connectivity index (χ1v) is 5.61. The summed E-state index contributed by atoms with van der Waals surface area (Å²) in [5.41, 5.74) is 9.70. The zero-order valence-corrected chi connectivity index (χ0v) is 9.88. The Morgan fingerprint density at radius 2 is 2.00 bits per heavy atom. The van der Waals surface area contributed by atoms with Crippen molar-refractivity contribution in [3.63, 3.8) is 0 Å². The van der Waals surface area contributed by atoms with Crippen LogP contribution in [0.4, 0.5) is 5.82 Å². The number of rotatable bonds is 2. The molecule has 0 saturated carbocycles. The fraction of sp³-hybridized carbons (Fsp3) is 0.0714. The summed E-state index contributed by atoms with van der Waals surface area (Å²) in [5, 5.41) is 3.85. The molecule has 0 fully saturated rings. The maximum absolute atomic E-state index is 5.91. The van der Waals surface area contributed by atoms with Crippen molar-refractivity contribution < 1.29 is 8.94 Å². The largest absolute Gasteiger partial charge is 0.472 e. The molecule has 3 aromatic rings. The number of anilines is 1. The molecule has 4 nitrogen and oxygen atoms in total. The van der Waals surface area contributed by atoms with Gasteiger partial charge in [-0.15, -0.1) is 0 Å². The number of nitrogens with two attached hydrogens (primary N) is 1. The van der Waals surface area contributed by atoms with Crippen molar-refractivity contribution in [1.29, 1.82) is 0 Å². The van der Waals surface area contributed by atoms with Crippen LogP contribution in [0.3, 0.4) is 0 Å². The summed E-state index contributed by atoms with van der Waals surface area (Å²) in [6.07, 6.45) is 3.21. The van der Waals surface area contributed by atoms with Gasteiger partial charge >= 0.3 is 0 Å². The Balaban J connectivity index is 2.24. The molecule has 0 unspecified atom stereocenters. The second-order valence-electron chi connectivity index (χ2n) is 4.10. The average Bonchev–Trinajstić information content (AvgIpc) is 2.99. The van der Waals surface area contributed by atoms with E-state index in [1.54, 1.807) is 12.5 Å². The lowest BCUT2D eigenvalue weighted by Crippen LogP contribution is -1.90. The molecule has 90 valence electrons. The molecule has 2 heterocycles. The SMILES string of the molecule is Cc1ccccc1-c1c(N)noc1-c1ccoc1. The summed E-state index contributed by atoms with van der Waals surface area (Å²) < 4.78 is 10.4. The number of furan rings is 1. The Bertz CT molecular complexity index is 669. The van der Waals surface area contributed by atoms with Gasteiger partial charge in [0.05, 0.1) is 17.4 Å². The first kappa shape index (κ1) is 10.7. The first-order chi connectivity index (χ1) is 8.77. The molecule has 3 rings (SSSR count). The summed E-state index contributed by atoms with van der Waals surface area (Å²) in [6.45, 7) is 2.03. The lowest BCUT2D eigenvalue weighted by Gasteiger charge is -2.04. The number of benzene rings is 1. The Kier molecular flexibility index (Phi) is 2.41. The summed E-state index contributed by atoms with van der Waals surface area (Å²) >= 11 is 0. The lowest BCUT2D eigenvalue weighted by molar-refractivity contribution is 0.435. The molecular weight excluding hydrogens is 228 g/mol. The molecule has 18 heavy (non-hydrogen) atoms. The molecular formula is C14H12N2O2. The Labute approximate surface area is 104 Å². The molecule has 2 aromatic heterocycles. The standard InChI is InChI=1S/C14H12N2O2/c1-9-4-2-3-5-11(9)12-13(18-16-14(12)15)10-6-7-17-8-10/h2-8H,1H3,(H2,15,16). The van der Waals surface area contributed by atoms with Crippen molar-refractivity contribution in [2.24, 2.45) is 0 Å². The average molecular weight is 240 g/mol. The smallest absolute Gasteiger partial charge is 0.180 e. The van der Waals surface area contributed by atoms with Crippen molar-refractivity contribution in [1.82, 2.24) is 5.16 Å². The van der Waals surface area contributed by atoms with Crippen LogP contribution in [0.25, 0.3) is 22.5 Å². The Morgan fingerprint density at radius 1 is 1.17 bits per heavy atom. The fourth-order valence-corrected chi connectivity index (χ4v) is 2.01. The van der Waals surface area contributed by atoms with E-state index in [2.05, 4.69) is 5.16 Å². The normalized spacial score (nSPS) is 10.7. The minimum absolute atomic E-state index is 0.389. The van der Waals surface area contributed by atoms with Gasteiger partial charge in [-0.2, -0.15) is 0 Å². The van der Waals surface area contributed by atoms with Crippen LogP contribution in [0.15, 0.2) is 51.8 Å². The van der Waals surface area contributed by atoms with Crippen LogP contribution in [-0.4, -0.2) is 5.16 Å². The quantitative estimate of drug-likeness (QED) is 0.744. The first-order valence-electron chi connectivity index (χ1n) is 5.61. The predicted octanol–water partition coefficient (Wildman–Crippen LogP) is 3.49. The molecule has 0 spiro atoms. The minimum atomic E-state index is 0.389. The Morgan fingerprint density at radius 3 is 2.72 bits per heavy atom.